The molecule has 1 amide bonds. The summed E-state index contributed by atoms with van der Waals surface area (Å²) in [6.07, 6.45) is 1.64. The van der Waals surface area contributed by atoms with Crippen molar-refractivity contribution in [2.24, 2.45) is 0 Å². The van der Waals surface area contributed by atoms with Gasteiger partial charge in [0.1, 0.15) is 6.04 Å². The zero-order valence-electron chi connectivity index (χ0n) is 9.31. The molecule has 1 unspecified atom stereocenters. The number of nitrogens with zero attached hydrogens (tertiary/aromatic N) is 1. The molecular weight excluding hydrogens is 320 g/mol. The summed E-state index contributed by atoms with van der Waals surface area (Å²) in [5.74, 6) is -1.47. The average Bonchev–Trinajstić information content (AvgIpc) is 2.74. The zero-order chi connectivity index (χ0) is 13.3. The number of carboxylic acid groups (broad SMARTS) is 1. The fourth-order valence-corrected chi connectivity index (χ4v) is 2.84. The Morgan fingerprint density at radius 2 is 2.28 bits per heavy atom. The summed E-state index contributed by atoms with van der Waals surface area (Å²) >= 11 is 4.65. The molecule has 1 atom stereocenters. The number of hydrogen-bond donors (Lipinski definition) is 2. The lowest BCUT2D eigenvalue weighted by Gasteiger charge is -2.06. The summed E-state index contributed by atoms with van der Waals surface area (Å²) in [4.78, 5) is 27.1. The van der Waals surface area contributed by atoms with Crippen LogP contribution >= 0.6 is 27.3 Å². The molecule has 0 aliphatic carbocycles. The molecule has 0 spiro atoms. The maximum atomic E-state index is 11.8. The maximum absolute atomic E-state index is 11.8. The van der Waals surface area contributed by atoms with Gasteiger partial charge in [-0.2, -0.15) is 0 Å². The fraction of sp³-hybridized carbons (Fsp3) is 0.182. The number of amides is 1. The predicted molar refractivity (Wildman–Crippen MR) is 71.9 cm³/mol. The summed E-state index contributed by atoms with van der Waals surface area (Å²) < 4.78 is 1.73. The molecule has 0 radical (unpaired) electrons. The molecule has 2 aromatic heterocycles. The smallest absolute Gasteiger partial charge is 0.325 e. The van der Waals surface area contributed by atoms with Crippen molar-refractivity contribution in [2.45, 2.75) is 13.0 Å². The number of pyridine rings is 1. The number of carboxylic acids is 1. The topological polar surface area (TPSA) is 79.3 Å². The summed E-state index contributed by atoms with van der Waals surface area (Å²) in [5, 5.41) is 11.1. The molecular formula is C11H9BrN2O3S. The lowest BCUT2D eigenvalue weighted by atomic mass is 10.3. The lowest BCUT2D eigenvalue weighted by Crippen LogP contribution is -2.37. The number of rotatable bonds is 3. The van der Waals surface area contributed by atoms with Crippen LogP contribution in [0.15, 0.2) is 22.8 Å². The molecule has 2 N–H and O–H groups in total. The van der Waals surface area contributed by atoms with Gasteiger partial charge in [0.05, 0.1) is 15.1 Å². The Hall–Kier alpha value is -1.47. The molecule has 5 nitrogen and oxygen atoms in total. The standard InChI is InChI=1S/C11H9BrN2O3S/c1-5(11(16)17)14-10(15)8-4-7-9(18-8)6(12)2-3-13-7/h2-5H,1H3,(H,14,15)(H,16,17). The van der Waals surface area contributed by atoms with Crippen LogP contribution in [0.5, 0.6) is 0 Å². The number of thiophene rings is 1. The highest BCUT2D eigenvalue weighted by molar-refractivity contribution is 9.10. The molecule has 0 aliphatic rings. The summed E-state index contributed by atoms with van der Waals surface area (Å²) in [5.41, 5.74) is 0.711. The van der Waals surface area contributed by atoms with Gasteiger partial charge in [-0.3, -0.25) is 14.6 Å². The van der Waals surface area contributed by atoms with Gasteiger partial charge in [0, 0.05) is 10.7 Å². The van der Waals surface area contributed by atoms with Gasteiger partial charge in [-0.15, -0.1) is 11.3 Å². The van der Waals surface area contributed by atoms with E-state index in [1.165, 1.54) is 18.3 Å². The van der Waals surface area contributed by atoms with Gasteiger partial charge in [-0.05, 0) is 35.0 Å². The van der Waals surface area contributed by atoms with Crippen LogP contribution < -0.4 is 5.32 Å². The van der Waals surface area contributed by atoms with Crippen molar-refractivity contribution in [3.8, 4) is 0 Å². The third-order valence-corrected chi connectivity index (χ3v) is 4.39. The highest BCUT2D eigenvalue weighted by atomic mass is 79.9. The lowest BCUT2D eigenvalue weighted by molar-refractivity contribution is -0.138. The molecule has 0 bridgehead atoms. The van der Waals surface area contributed by atoms with E-state index in [0.717, 1.165) is 9.17 Å². The molecule has 0 saturated carbocycles. The quantitative estimate of drug-likeness (QED) is 0.905. The van der Waals surface area contributed by atoms with Crippen molar-refractivity contribution in [2.75, 3.05) is 0 Å². The van der Waals surface area contributed by atoms with Crippen LogP contribution in [0, 0.1) is 0 Å². The second-order valence-electron chi connectivity index (χ2n) is 3.65. The SMILES string of the molecule is CC(NC(=O)c1cc2nccc(Br)c2s1)C(=O)O. The van der Waals surface area contributed by atoms with E-state index >= 15 is 0 Å². The second kappa shape index (κ2) is 5.03. The zero-order valence-corrected chi connectivity index (χ0v) is 11.7. The van der Waals surface area contributed by atoms with Crippen LogP contribution in [0.25, 0.3) is 10.2 Å². The molecule has 0 aliphatic heterocycles. The normalized spacial score (nSPS) is 12.3. The number of nitrogens with one attached hydrogen (secondary N) is 1. The molecule has 94 valence electrons. The number of carbonyl (C=O) groups excluding carboxylic acids is 1. The van der Waals surface area contributed by atoms with E-state index < -0.39 is 17.9 Å². The van der Waals surface area contributed by atoms with Gasteiger partial charge in [0.2, 0.25) is 0 Å². The largest absolute Gasteiger partial charge is 0.480 e. The number of aliphatic carboxylic acids is 1. The molecule has 7 heteroatoms. The minimum Gasteiger partial charge on any atom is -0.480 e. The van der Waals surface area contributed by atoms with Crippen molar-refractivity contribution in [1.82, 2.24) is 10.3 Å². The Labute approximate surface area is 115 Å². The van der Waals surface area contributed by atoms with E-state index in [4.69, 9.17) is 5.11 Å². The third kappa shape index (κ3) is 2.51. The van der Waals surface area contributed by atoms with Crippen molar-refractivity contribution in [3.63, 3.8) is 0 Å². The van der Waals surface area contributed by atoms with Gasteiger partial charge in [-0.1, -0.05) is 0 Å². The third-order valence-electron chi connectivity index (χ3n) is 2.31. The maximum Gasteiger partial charge on any atom is 0.325 e. The first kappa shape index (κ1) is 13.0. The number of aromatic nitrogens is 1. The Bertz CT molecular complexity index is 626. The predicted octanol–water partition coefficient (Wildman–Crippen LogP) is 2.26. The summed E-state index contributed by atoms with van der Waals surface area (Å²) in [6.45, 7) is 1.42. The van der Waals surface area contributed by atoms with E-state index in [1.54, 1.807) is 18.3 Å². The molecule has 0 fully saturated rings. The number of carbonyl (C=O) groups is 2. The van der Waals surface area contributed by atoms with E-state index in [0.29, 0.717) is 10.4 Å². The number of halogens is 1. The Morgan fingerprint density at radius 3 is 2.89 bits per heavy atom. The van der Waals surface area contributed by atoms with Crippen LogP contribution in [0.4, 0.5) is 0 Å². The molecule has 2 aromatic rings. The first-order chi connectivity index (χ1) is 8.49. The van der Waals surface area contributed by atoms with E-state index in [2.05, 4.69) is 26.2 Å². The van der Waals surface area contributed by atoms with Gasteiger partial charge < -0.3 is 10.4 Å². The van der Waals surface area contributed by atoms with Crippen molar-refractivity contribution in [3.05, 3.63) is 27.7 Å². The van der Waals surface area contributed by atoms with Crippen molar-refractivity contribution in [1.29, 1.82) is 0 Å². The van der Waals surface area contributed by atoms with Crippen LogP contribution in [-0.2, 0) is 4.79 Å². The Balaban J connectivity index is 2.29. The minimum absolute atomic E-state index is 0.403. The van der Waals surface area contributed by atoms with Crippen molar-refractivity contribution >= 4 is 49.4 Å². The van der Waals surface area contributed by atoms with Crippen LogP contribution in [-0.4, -0.2) is 28.0 Å². The highest BCUT2D eigenvalue weighted by Gasteiger charge is 2.17. The Morgan fingerprint density at radius 1 is 1.56 bits per heavy atom. The first-order valence-corrected chi connectivity index (χ1v) is 6.67. The van der Waals surface area contributed by atoms with Gasteiger partial charge in [0.25, 0.3) is 5.91 Å². The van der Waals surface area contributed by atoms with Gasteiger partial charge in [0.15, 0.2) is 0 Å². The van der Waals surface area contributed by atoms with E-state index in [9.17, 15) is 9.59 Å². The van der Waals surface area contributed by atoms with Crippen molar-refractivity contribution < 1.29 is 14.7 Å². The van der Waals surface area contributed by atoms with E-state index in [-0.39, 0.29) is 0 Å². The van der Waals surface area contributed by atoms with E-state index in [1.807, 2.05) is 0 Å². The number of hydrogen-bond acceptors (Lipinski definition) is 4. The Kier molecular flexibility index (Phi) is 3.63. The molecule has 0 aromatic carbocycles. The van der Waals surface area contributed by atoms with Crippen LogP contribution in [0.1, 0.15) is 16.6 Å². The highest BCUT2D eigenvalue weighted by Crippen LogP contribution is 2.30. The average molecular weight is 329 g/mol. The fourth-order valence-electron chi connectivity index (χ4n) is 1.35. The molecule has 0 saturated heterocycles. The van der Waals surface area contributed by atoms with Gasteiger partial charge in [-0.25, -0.2) is 0 Å². The van der Waals surface area contributed by atoms with Crippen LogP contribution in [0.2, 0.25) is 0 Å². The number of fused-ring (bicyclic) bond motifs is 1. The first-order valence-electron chi connectivity index (χ1n) is 5.06. The monoisotopic (exact) mass is 328 g/mol. The summed E-state index contributed by atoms with van der Waals surface area (Å²) in [7, 11) is 0. The van der Waals surface area contributed by atoms with Crippen LogP contribution in [0.3, 0.4) is 0 Å². The minimum atomic E-state index is -1.07. The molecule has 2 rings (SSSR count). The second-order valence-corrected chi connectivity index (χ2v) is 5.56. The molecule has 18 heavy (non-hydrogen) atoms. The summed E-state index contributed by atoms with van der Waals surface area (Å²) in [6, 6.07) is 2.52. The van der Waals surface area contributed by atoms with Gasteiger partial charge >= 0.3 is 5.97 Å². The molecule has 2 heterocycles.